The molecule has 3 rings (SSSR count). The quantitative estimate of drug-likeness (QED) is 0.749. The van der Waals surface area contributed by atoms with Gasteiger partial charge in [-0.1, -0.05) is 28.1 Å². The van der Waals surface area contributed by atoms with Gasteiger partial charge in [-0.15, -0.1) is 0 Å². The third kappa shape index (κ3) is 2.12. The van der Waals surface area contributed by atoms with Gasteiger partial charge in [0.1, 0.15) is 11.8 Å². The summed E-state index contributed by atoms with van der Waals surface area (Å²) in [5, 5.41) is 0. The molecule has 3 aromatic rings. The van der Waals surface area contributed by atoms with E-state index < -0.39 is 0 Å². The number of rotatable bonds is 2. The normalized spacial score (nSPS) is 11.0. The number of aromatic nitrogens is 4. The number of nitrogens with zero attached hydrogens (tertiary/aromatic N) is 3. The zero-order valence-corrected chi connectivity index (χ0v) is 11.4. The number of nitrogen functional groups attached to an aromatic ring is 1. The Morgan fingerprint density at radius 3 is 2.74 bits per heavy atom. The molecular formula is C12H10BrN5O. The van der Waals surface area contributed by atoms with Crippen LogP contribution < -0.4 is 11.4 Å². The van der Waals surface area contributed by atoms with E-state index in [1.165, 1.54) is 10.9 Å². The predicted molar refractivity (Wildman–Crippen MR) is 75.8 cm³/mol. The van der Waals surface area contributed by atoms with Crippen LogP contribution >= 0.6 is 15.9 Å². The van der Waals surface area contributed by atoms with Crippen molar-refractivity contribution in [1.82, 2.24) is 19.5 Å². The molecule has 0 atom stereocenters. The van der Waals surface area contributed by atoms with Crippen LogP contribution in [0.5, 0.6) is 0 Å². The fraction of sp³-hybridized carbons (Fsp3) is 0.0833. The van der Waals surface area contributed by atoms with Gasteiger partial charge >= 0.3 is 5.69 Å². The van der Waals surface area contributed by atoms with Crippen molar-refractivity contribution in [2.24, 2.45) is 0 Å². The van der Waals surface area contributed by atoms with E-state index in [0.717, 1.165) is 10.0 Å². The molecule has 3 N–H and O–H groups in total. The average molecular weight is 320 g/mol. The average Bonchev–Trinajstić information content (AvgIpc) is 2.71. The largest absolute Gasteiger partial charge is 0.382 e. The SMILES string of the molecule is Nc1ncnc2c1[nH]c(=O)n2Cc1ccc(Br)cc1. The molecule has 0 aliphatic heterocycles. The first-order valence-electron chi connectivity index (χ1n) is 5.58. The van der Waals surface area contributed by atoms with Crippen molar-refractivity contribution < 1.29 is 0 Å². The van der Waals surface area contributed by atoms with E-state index in [0.29, 0.717) is 17.7 Å². The van der Waals surface area contributed by atoms with Crippen LogP contribution in [0.1, 0.15) is 5.56 Å². The molecular weight excluding hydrogens is 310 g/mol. The second-order valence-electron chi connectivity index (χ2n) is 4.10. The molecule has 6 nitrogen and oxygen atoms in total. The molecule has 0 bridgehead atoms. The number of benzene rings is 1. The van der Waals surface area contributed by atoms with Gasteiger partial charge in [-0.25, -0.2) is 14.8 Å². The highest BCUT2D eigenvalue weighted by molar-refractivity contribution is 9.10. The van der Waals surface area contributed by atoms with Crippen molar-refractivity contribution in [2.75, 3.05) is 5.73 Å². The summed E-state index contributed by atoms with van der Waals surface area (Å²) >= 11 is 3.38. The number of hydrogen-bond donors (Lipinski definition) is 2. The summed E-state index contributed by atoms with van der Waals surface area (Å²) < 4.78 is 2.53. The summed E-state index contributed by atoms with van der Waals surface area (Å²) in [6, 6.07) is 7.75. The Morgan fingerprint density at radius 2 is 2.00 bits per heavy atom. The van der Waals surface area contributed by atoms with Gasteiger partial charge in [-0.2, -0.15) is 0 Å². The summed E-state index contributed by atoms with van der Waals surface area (Å²) in [5.41, 5.74) is 7.46. The fourth-order valence-electron chi connectivity index (χ4n) is 1.90. The molecule has 0 aliphatic carbocycles. The van der Waals surface area contributed by atoms with E-state index in [9.17, 15) is 4.79 Å². The van der Waals surface area contributed by atoms with Crippen LogP contribution in [0.2, 0.25) is 0 Å². The highest BCUT2D eigenvalue weighted by Crippen LogP contribution is 2.15. The zero-order valence-electron chi connectivity index (χ0n) is 9.80. The molecule has 0 aliphatic rings. The molecule has 0 spiro atoms. The first-order chi connectivity index (χ1) is 9.15. The van der Waals surface area contributed by atoms with Crippen molar-refractivity contribution in [3.8, 4) is 0 Å². The molecule has 7 heteroatoms. The Kier molecular flexibility index (Phi) is 2.83. The first-order valence-corrected chi connectivity index (χ1v) is 6.38. The van der Waals surface area contributed by atoms with Crippen LogP contribution in [0.3, 0.4) is 0 Å². The van der Waals surface area contributed by atoms with E-state index >= 15 is 0 Å². The van der Waals surface area contributed by atoms with Crippen molar-refractivity contribution >= 4 is 32.9 Å². The second-order valence-corrected chi connectivity index (χ2v) is 5.02. The minimum atomic E-state index is -0.245. The van der Waals surface area contributed by atoms with E-state index in [4.69, 9.17) is 5.73 Å². The molecule has 2 aromatic heterocycles. The summed E-state index contributed by atoms with van der Waals surface area (Å²) in [6.07, 6.45) is 1.35. The van der Waals surface area contributed by atoms with Crippen LogP contribution in [0, 0.1) is 0 Å². The van der Waals surface area contributed by atoms with Crippen molar-refractivity contribution in [3.05, 3.63) is 51.1 Å². The number of anilines is 1. The number of nitrogens with one attached hydrogen (secondary N) is 1. The summed E-state index contributed by atoms with van der Waals surface area (Å²) in [6.45, 7) is 0.433. The monoisotopic (exact) mass is 319 g/mol. The van der Waals surface area contributed by atoms with Crippen LogP contribution in [0.4, 0.5) is 5.82 Å². The standard InChI is InChI=1S/C12H10BrN5O/c13-8-3-1-7(2-4-8)5-18-11-9(17-12(18)19)10(14)15-6-16-11/h1-4,6H,5H2,(H,17,19)(H2,14,15,16). The number of aromatic amines is 1. The summed E-state index contributed by atoms with van der Waals surface area (Å²) in [5.74, 6) is 0.275. The minimum absolute atomic E-state index is 0.245. The van der Waals surface area contributed by atoms with E-state index in [1.54, 1.807) is 0 Å². The maximum atomic E-state index is 11.9. The number of fused-ring (bicyclic) bond motifs is 1. The number of nitrogens with two attached hydrogens (primary N) is 1. The van der Waals surface area contributed by atoms with Gasteiger partial charge in [0.05, 0.1) is 6.54 Å². The molecule has 0 unspecified atom stereocenters. The number of halogens is 1. The molecule has 0 fully saturated rings. The maximum absolute atomic E-state index is 11.9. The Morgan fingerprint density at radius 1 is 1.26 bits per heavy atom. The minimum Gasteiger partial charge on any atom is -0.382 e. The van der Waals surface area contributed by atoms with Crippen molar-refractivity contribution in [3.63, 3.8) is 0 Å². The Bertz CT molecular complexity index is 790. The van der Waals surface area contributed by atoms with Crippen LogP contribution in [0.15, 0.2) is 39.9 Å². The van der Waals surface area contributed by atoms with Gasteiger partial charge < -0.3 is 10.7 Å². The second kappa shape index (κ2) is 4.51. The molecule has 96 valence electrons. The van der Waals surface area contributed by atoms with Crippen molar-refractivity contribution in [1.29, 1.82) is 0 Å². The summed E-state index contributed by atoms with van der Waals surface area (Å²) in [7, 11) is 0. The highest BCUT2D eigenvalue weighted by Gasteiger charge is 2.11. The van der Waals surface area contributed by atoms with Gasteiger partial charge in [0.25, 0.3) is 0 Å². The predicted octanol–water partition coefficient (Wildman–Crippen LogP) is 1.51. The van der Waals surface area contributed by atoms with Gasteiger partial charge in [-0.05, 0) is 17.7 Å². The molecule has 0 amide bonds. The molecule has 0 saturated heterocycles. The van der Waals surface area contributed by atoms with Crippen LogP contribution in [0.25, 0.3) is 11.2 Å². The highest BCUT2D eigenvalue weighted by atomic mass is 79.9. The third-order valence-corrected chi connectivity index (χ3v) is 3.37. The number of H-pyrrole nitrogens is 1. The van der Waals surface area contributed by atoms with Gasteiger partial charge in [0, 0.05) is 4.47 Å². The lowest BCUT2D eigenvalue weighted by molar-refractivity contribution is 0.777. The lowest BCUT2D eigenvalue weighted by Crippen LogP contribution is -2.17. The molecule has 2 heterocycles. The van der Waals surface area contributed by atoms with E-state index in [2.05, 4.69) is 30.9 Å². The van der Waals surface area contributed by atoms with Gasteiger partial charge in [-0.3, -0.25) is 4.57 Å². The molecule has 0 radical (unpaired) electrons. The fourth-order valence-corrected chi connectivity index (χ4v) is 2.17. The molecule has 1 aromatic carbocycles. The maximum Gasteiger partial charge on any atom is 0.328 e. The van der Waals surface area contributed by atoms with Gasteiger partial charge in [0.2, 0.25) is 0 Å². The Labute approximate surface area is 116 Å². The molecule has 0 saturated carbocycles. The van der Waals surface area contributed by atoms with E-state index in [-0.39, 0.29) is 11.5 Å². The Hall–Kier alpha value is -2.15. The van der Waals surface area contributed by atoms with Crippen LogP contribution in [-0.2, 0) is 6.54 Å². The van der Waals surface area contributed by atoms with Crippen LogP contribution in [-0.4, -0.2) is 19.5 Å². The number of hydrogen-bond acceptors (Lipinski definition) is 4. The lowest BCUT2D eigenvalue weighted by Gasteiger charge is -2.03. The van der Waals surface area contributed by atoms with E-state index in [1.807, 2.05) is 24.3 Å². The lowest BCUT2D eigenvalue weighted by atomic mass is 10.2. The number of imidazole rings is 1. The zero-order chi connectivity index (χ0) is 13.4. The Balaban J connectivity index is 2.10. The van der Waals surface area contributed by atoms with Crippen molar-refractivity contribution in [2.45, 2.75) is 6.54 Å². The first kappa shape index (κ1) is 11.9. The molecule has 19 heavy (non-hydrogen) atoms. The topological polar surface area (TPSA) is 89.6 Å². The smallest absolute Gasteiger partial charge is 0.328 e. The summed E-state index contributed by atoms with van der Waals surface area (Å²) in [4.78, 5) is 22.6. The van der Waals surface area contributed by atoms with Gasteiger partial charge in [0.15, 0.2) is 11.5 Å². The third-order valence-electron chi connectivity index (χ3n) is 2.84.